The van der Waals surface area contributed by atoms with E-state index in [2.05, 4.69) is 0 Å². The number of hydrogen-bond acceptors (Lipinski definition) is 9. The van der Waals surface area contributed by atoms with Crippen LogP contribution in [0.4, 0.5) is 11.4 Å². The maximum atomic E-state index is 13.7. The molecule has 0 unspecified atom stereocenters. The van der Waals surface area contributed by atoms with E-state index in [-0.39, 0.29) is 66.9 Å². The molecule has 2 amide bonds. The van der Waals surface area contributed by atoms with Crippen LogP contribution >= 0.6 is 0 Å². The van der Waals surface area contributed by atoms with Crippen molar-refractivity contribution in [2.75, 3.05) is 44.4 Å². The largest absolute Gasteiger partial charge is 0.454 e. The highest BCUT2D eigenvalue weighted by Crippen LogP contribution is 2.43. The Morgan fingerprint density at radius 1 is 0.867 bits per heavy atom. The van der Waals surface area contributed by atoms with Crippen molar-refractivity contribution in [3.8, 4) is 11.5 Å². The summed E-state index contributed by atoms with van der Waals surface area (Å²) in [6, 6.07) is 18.2. The van der Waals surface area contributed by atoms with Gasteiger partial charge in [0.1, 0.15) is 5.69 Å². The number of anilines is 1. The van der Waals surface area contributed by atoms with E-state index in [0.29, 0.717) is 28.7 Å². The lowest BCUT2D eigenvalue weighted by atomic mass is 9.91. The monoisotopic (exact) mass is 628 g/mol. The number of fused-ring (bicyclic) bond motifs is 1. The minimum absolute atomic E-state index is 0.0695. The number of nitrogens with zero attached hydrogens (tertiary/aromatic N) is 4. The summed E-state index contributed by atoms with van der Waals surface area (Å²) in [6.45, 7) is 2.68. The number of nitro groups is 1. The summed E-state index contributed by atoms with van der Waals surface area (Å²) >= 11 is 0. The predicted molar refractivity (Wildman–Crippen MR) is 164 cm³/mol. The van der Waals surface area contributed by atoms with Crippen molar-refractivity contribution in [2.45, 2.75) is 18.2 Å². The first-order valence-electron chi connectivity index (χ1n) is 14.4. The van der Waals surface area contributed by atoms with Crippen molar-refractivity contribution in [1.29, 1.82) is 0 Å². The zero-order chi connectivity index (χ0) is 31.5. The first-order chi connectivity index (χ1) is 21.6. The number of imide groups is 1. The summed E-state index contributed by atoms with van der Waals surface area (Å²) in [5.74, 6) is 0.137. The van der Waals surface area contributed by atoms with Gasteiger partial charge in [0.2, 0.25) is 16.8 Å². The van der Waals surface area contributed by atoms with Crippen LogP contribution < -0.4 is 14.4 Å². The van der Waals surface area contributed by atoms with E-state index >= 15 is 0 Å². The lowest BCUT2D eigenvalue weighted by Crippen LogP contribution is -2.49. The fourth-order valence-electron chi connectivity index (χ4n) is 6.21. The third-order valence-electron chi connectivity index (χ3n) is 8.54. The quantitative estimate of drug-likeness (QED) is 0.168. The Hall–Kier alpha value is -5.01. The molecule has 13 heteroatoms. The normalized spacial score (nSPS) is 16.5. The van der Waals surface area contributed by atoms with E-state index in [1.165, 1.54) is 10.4 Å². The molecule has 7 rings (SSSR count). The van der Waals surface area contributed by atoms with Gasteiger partial charge in [0, 0.05) is 55.1 Å². The van der Waals surface area contributed by atoms with Crippen molar-refractivity contribution < 1.29 is 32.4 Å². The summed E-state index contributed by atoms with van der Waals surface area (Å²) in [5.41, 5.74) is 2.14. The fourth-order valence-corrected chi connectivity index (χ4v) is 7.63. The second-order valence-corrected chi connectivity index (χ2v) is 13.1. The average molecular weight is 629 g/mol. The van der Waals surface area contributed by atoms with Gasteiger partial charge in [-0.15, -0.1) is 0 Å². The van der Waals surface area contributed by atoms with Crippen molar-refractivity contribution in [3.63, 3.8) is 0 Å². The Bertz CT molecular complexity index is 2000. The molecule has 3 aliphatic heterocycles. The summed E-state index contributed by atoms with van der Waals surface area (Å²) in [5, 5.41) is 13.2. The van der Waals surface area contributed by atoms with Gasteiger partial charge in [-0.2, -0.15) is 4.31 Å². The maximum absolute atomic E-state index is 13.7. The SMILES string of the molecule is Cc1ccc(S(=O)(=O)N2CCN(c3c([N+](=O)[O-])cc4c5c(cccc35)C(=O)N(CCc3ccc5c(c3)OCO5)C4=O)CC2)cc1. The smallest absolute Gasteiger partial charge is 0.293 e. The number of aryl methyl sites for hydroxylation is 1. The highest BCUT2D eigenvalue weighted by Gasteiger charge is 2.38. The van der Waals surface area contributed by atoms with Crippen LogP contribution in [0, 0.1) is 17.0 Å². The Morgan fingerprint density at radius 3 is 2.31 bits per heavy atom. The van der Waals surface area contributed by atoms with Crippen molar-refractivity contribution in [1.82, 2.24) is 9.21 Å². The first kappa shape index (κ1) is 28.7. The molecular weight excluding hydrogens is 600 g/mol. The summed E-state index contributed by atoms with van der Waals surface area (Å²) in [7, 11) is -3.75. The van der Waals surface area contributed by atoms with E-state index in [1.807, 2.05) is 13.0 Å². The maximum Gasteiger partial charge on any atom is 0.293 e. The standard InChI is InChI=1S/C32H28N4O8S/c1-20-5-8-22(9-6-20)45(41,42)34-15-13-33(14-16-34)30-23-3-2-4-24-29(23)25(18-26(30)36(39)40)32(38)35(31(24)37)12-11-21-7-10-27-28(17-21)44-19-43-27/h2-10,17-18H,11-16,19H2,1H3. The molecule has 0 bridgehead atoms. The van der Waals surface area contributed by atoms with Crippen LogP contribution in [0.25, 0.3) is 10.8 Å². The second-order valence-electron chi connectivity index (χ2n) is 11.2. The molecule has 3 aliphatic rings. The van der Waals surface area contributed by atoms with Crippen LogP contribution in [0.15, 0.2) is 71.6 Å². The van der Waals surface area contributed by atoms with Gasteiger partial charge < -0.3 is 14.4 Å². The third kappa shape index (κ3) is 4.84. The molecule has 12 nitrogen and oxygen atoms in total. The molecule has 0 aliphatic carbocycles. The number of ether oxygens (including phenoxy) is 2. The van der Waals surface area contributed by atoms with Crippen LogP contribution in [-0.2, 0) is 16.4 Å². The van der Waals surface area contributed by atoms with E-state index in [9.17, 15) is 28.1 Å². The lowest BCUT2D eigenvalue weighted by Gasteiger charge is -2.36. The minimum Gasteiger partial charge on any atom is -0.454 e. The van der Waals surface area contributed by atoms with Gasteiger partial charge in [-0.05, 0) is 49.2 Å². The number of benzene rings is 4. The number of amides is 2. The summed E-state index contributed by atoms with van der Waals surface area (Å²) in [6.07, 6.45) is 0.357. The van der Waals surface area contributed by atoms with Gasteiger partial charge in [-0.3, -0.25) is 24.6 Å². The zero-order valence-corrected chi connectivity index (χ0v) is 25.1. The molecule has 0 N–H and O–H groups in total. The molecule has 0 aromatic heterocycles. The Balaban J connectivity index is 1.19. The van der Waals surface area contributed by atoms with Gasteiger partial charge in [0.15, 0.2) is 11.5 Å². The molecule has 1 saturated heterocycles. The molecular formula is C32H28N4O8S. The molecule has 4 aromatic rings. The highest BCUT2D eigenvalue weighted by molar-refractivity contribution is 7.89. The highest BCUT2D eigenvalue weighted by atomic mass is 32.2. The van der Waals surface area contributed by atoms with E-state index < -0.39 is 26.8 Å². The van der Waals surface area contributed by atoms with Crippen LogP contribution in [0.5, 0.6) is 11.5 Å². The number of piperazine rings is 1. The van der Waals surface area contributed by atoms with Crippen molar-refractivity contribution >= 4 is 44.0 Å². The fraction of sp³-hybridized carbons (Fsp3) is 0.250. The topological polar surface area (TPSA) is 140 Å². The lowest BCUT2D eigenvalue weighted by molar-refractivity contribution is -0.384. The Morgan fingerprint density at radius 2 is 1.58 bits per heavy atom. The van der Waals surface area contributed by atoms with E-state index in [1.54, 1.807) is 59.5 Å². The number of rotatable bonds is 7. The molecule has 230 valence electrons. The molecule has 4 aromatic carbocycles. The minimum atomic E-state index is -3.75. The van der Waals surface area contributed by atoms with Gasteiger partial charge in [-0.25, -0.2) is 8.42 Å². The van der Waals surface area contributed by atoms with Gasteiger partial charge in [0.25, 0.3) is 17.5 Å². The molecule has 45 heavy (non-hydrogen) atoms. The second kappa shape index (κ2) is 10.9. The molecule has 0 radical (unpaired) electrons. The number of nitro benzene ring substituents is 1. The van der Waals surface area contributed by atoms with Crippen LogP contribution in [-0.4, -0.2) is 73.9 Å². The Labute approximate surface area is 258 Å². The molecule has 0 saturated carbocycles. The van der Waals surface area contributed by atoms with Crippen LogP contribution in [0.1, 0.15) is 31.8 Å². The van der Waals surface area contributed by atoms with Crippen molar-refractivity contribution in [3.05, 3.63) is 99.1 Å². The van der Waals surface area contributed by atoms with Crippen molar-refractivity contribution in [2.24, 2.45) is 0 Å². The van der Waals surface area contributed by atoms with E-state index in [0.717, 1.165) is 16.0 Å². The average Bonchev–Trinajstić information content (AvgIpc) is 3.51. The predicted octanol–water partition coefficient (Wildman–Crippen LogP) is 4.13. The van der Waals surface area contributed by atoms with E-state index in [4.69, 9.17) is 9.47 Å². The zero-order valence-electron chi connectivity index (χ0n) is 24.3. The number of hydrogen-bond donors (Lipinski definition) is 0. The van der Waals surface area contributed by atoms with Gasteiger partial charge in [0.05, 0.1) is 15.4 Å². The number of carbonyl (C=O) groups excluding carboxylic acids is 2. The molecule has 3 heterocycles. The molecule has 1 fully saturated rings. The molecule has 0 atom stereocenters. The first-order valence-corrected chi connectivity index (χ1v) is 15.9. The molecule has 0 spiro atoms. The van der Waals surface area contributed by atoms with Crippen LogP contribution in [0.2, 0.25) is 0 Å². The van der Waals surface area contributed by atoms with Gasteiger partial charge >= 0.3 is 0 Å². The summed E-state index contributed by atoms with van der Waals surface area (Å²) < 4.78 is 38.7. The number of sulfonamides is 1. The van der Waals surface area contributed by atoms with Gasteiger partial charge in [-0.1, -0.05) is 35.9 Å². The van der Waals surface area contributed by atoms with Crippen LogP contribution in [0.3, 0.4) is 0 Å². The third-order valence-corrected chi connectivity index (χ3v) is 10.4. The summed E-state index contributed by atoms with van der Waals surface area (Å²) in [4.78, 5) is 42.4. The number of carbonyl (C=O) groups is 2. The Kier molecular flexibility index (Phi) is 6.94.